The Bertz CT molecular complexity index is 231. The summed E-state index contributed by atoms with van der Waals surface area (Å²) in [6.45, 7) is 1.77. The highest BCUT2D eigenvalue weighted by Gasteiger charge is 1.99. The minimum Gasteiger partial charge on any atom is -0.204 e. The van der Waals surface area contributed by atoms with E-state index < -0.39 is 11.6 Å². The van der Waals surface area contributed by atoms with Gasteiger partial charge in [-0.2, -0.15) is 0 Å². The van der Waals surface area contributed by atoms with Gasteiger partial charge in [0, 0.05) is 0 Å². The van der Waals surface area contributed by atoms with Crippen LogP contribution in [0.15, 0.2) is 18.2 Å². The van der Waals surface area contributed by atoms with Crippen LogP contribution in [0.25, 0.3) is 0 Å². The van der Waals surface area contributed by atoms with Gasteiger partial charge in [0.25, 0.3) is 0 Å². The van der Waals surface area contributed by atoms with Gasteiger partial charge in [0.2, 0.25) is 0 Å². The van der Waals surface area contributed by atoms with E-state index in [2.05, 4.69) is 0 Å². The van der Waals surface area contributed by atoms with Crippen molar-refractivity contribution in [2.75, 3.05) is 0 Å². The smallest absolute Gasteiger partial charge is 0.159 e. The lowest BCUT2D eigenvalue weighted by Gasteiger charge is -1.95. The van der Waals surface area contributed by atoms with Gasteiger partial charge in [-0.3, -0.25) is 0 Å². The summed E-state index contributed by atoms with van der Waals surface area (Å²) < 4.78 is 24.6. The van der Waals surface area contributed by atoms with E-state index in [9.17, 15) is 8.78 Å². The zero-order chi connectivity index (χ0) is 7.56. The molecule has 0 bridgehead atoms. The lowest BCUT2D eigenvalue weighted by atomic mass is 10.2. The highest BCUT2D eigenvalue weighted by atomic mass is 19.2. The summed E-state index contributed by atoms with van der Waals surface area (Å²) >= 11 is 0. The van der Waals surface area contributed by atoms with Crippen molar-refractivity contribution in [2.45, 2.75) is 6.92 Å². The van der Waals surface area contributed by atoms with Crippen LogP contribution in [0, 0.1) is 18.1 Å². The summed E-state index contributed by atoms with van der Waals surface area (Å²) in [7, 11) is 0. The molecule has 0 aliphatic rings. The molecule has 0 amide bonds. The summed E-state index contributed by atoms with van der Waals surface area (Å²) in [6.07, 6.45) is 1.71. The zero-order valence-corrected chi connectivity index (χ0v) is 5.57. The standard InChI is InChI=1S/C8H7F2/c1-2-6-3-4-7(9)8(10)5-6/h2-5H,1H3. The molecule has 2 heteroatoms. The van der Waals surface area contributed by atoms with Crippen molar-refractivity contribution in [1.82, 2.24) is 0 Å². The molecule has 0 atom stereocenters. The third-order valence-corrected chi connectivity index (χ3v) is 1.28. The topological polar surface area (TPSA) is 0 Å². The Balaban J connectivity index is 3.04. The largest absolute Gasteiger partial charge is 0.204 e. The molecule has 1 rings (SSSR count). The Hall–Kier alpha value is -0.920. The summed E-state index contributed by atoms with van der Waals surface area (Å²) in [5.74, 6) is -1.60. The fourth-order valence-corrected chi connectivity index (χ4v) is 0.692. The summed E-state index contributed by atoms with van der Waals surface area (Å²) in [5, 5.41) is 0. The molecule has 1 radical (unpaired) electrons. The van der Waals surface area contributed by atoms with Crippen molar-refractivity contribution in [1.29, 1.82) is 0 Å². The first-order valence-electron chi connectivity index (χ1n) is 2.98. The Morgan fingerprint density at radius 3 is 2.40 bits per heavy atom. The van der Waals surface area contributed by atoms with Crippen molar-refractivity contribution in [3.8, 4) is 0 Å². The molecule has 1 aromatic rings. The van der Waals surface area contributed by atoms with E-state index in [1.54, 1.807) is 13.3 Å². The van der Waals surface area contributed by atoms with E-state index in [-0.39, 0.29) is 0 Å². The average molecular weight is 141 g/mol. The van der Waals surface area contributed by atoms with Crippen molar-refractivity contribution in [2.24, 2.45) is 0 Å². The first kappa shape index (κ1) is 7.19. The number of hydrogen-bond acceptors (Lipinski definition) is 0. The van der Waals surface area contributed by atoms with Gasteiger partial charge < -0.3 is 0 Å². The molecular weight excluding hydrogens is 134 g/mol. The zero-order valence-electron chi connectivity index (χ0n) is 5.57. The van der Waals surface area contributed by atoms with Gasteiger partial charge in [0.05, 0.1) is 0 Å². The summed E-state index contributed by atoms with van der Waals surface area (Å²) in [6, 6.07) is 3.80. The molecule has 0 nitrogen and oxygen atoms in total. The predicted octanol–water partition coefficient (Wildman–Crippen LogP) is 2.54. The first-order chi connectivity index (χ1) is 4.74. The van der Waals surface area contributed by atoms with E-state index in [1.165, 1.54) is 6.07 Å². The maximum atomic E-state index is 12.4. The second-order valence-electron chi connectivity index (χ2n) is 1.96. The molecule has 0 aliphatic carbocycles. The van der Waals surface area contributed by atoms with Gasteiger partial charge in [0.1, 0.15) is 0 Å². The number of hydrogen-bond donors (Lipinski definition) is 0. The molecule has 0 aromatic heterocycles. The molecule has 0 spiro atoms. The lowest BCUT2D eigenvalue weighted by molar-refractivity contribution is 0.508. The second kappa shape index (κ2) is 2.78. The van der Waals surface area contributed by atoms with Crippen LogP contribution in [0.2, 0.25) is 0 Å². The minimum atomic E-state index is -0.800. The molecule has 0 fully saturated rings. The quantitative estimate of drug-likeness (QED) is 0.563. The molecular formula is C8H7F2. The van der Waals surface area contributed by atoms with E-state index >= 15 is 0 Å². The molecule has 10 heavy (non-hydrogen) atoms. The highest BCUT2D eigenvalue weighted by molar-refractivity contribution is 5.23. The van der Waals surface area contributed by atoms with Gasteiger partial charge in [-0.25, -0.2) is 8.78 Å². The molecule has 1 aromatic carbocycles. The number of benzene rings is 1. The van der Waals surface area contributed by atoms with E-state index in [0.717, 1.165) is 12.1 Å². The monoisotopic (exact) mass is 141 g/mol. The van der Waals surface area contributed by atoms with Crippen LogP contribution in [0.1, 0.15) is 12.5 Å². The normalized spacial score (nSPS) is 9.90. The molecule has 0 saturated carbocycles. The molecule has 0 N–H and O–H groups in total. The van der Waals surface area contributed by atoms with Crippen LogP contribution in [-0.2, 0) is 0 Å². The maximum Gasteiger partial charge on any atom is 0.159 e. The Labute approximate surface area is 58.5 Å². The SMILES string of the molecule is C[CH]c1ccc(F)c(F)c1. The third-order valence-electron chi connectivity index (χ3n) is 1.28. The van der Waals surface area contributed by atoms with Crippen LogP contribution in [-0.4, -0.2) is 0 Å². The fourth-order valence-electron chi connectivity index (χ4n) is 0.692. The Morgan fingerprint density at radius 2 is 1.90 bits per heavy atom. The van der Waals surface area contributed by atoms with E-state index in [4.69, 9.17) is 0 Å². The fraction of sp³-hybridized carbons (Fsp3) is 0.125. The van der Waals surface area contributed by atoms with E-state index in [1.807, 2.05) is 0 Å². The van der Waals surface area contributed by atoms with Crippen molar-refractivity contribution in [3.05, 3.63) is 41.8 Å². The number of rotatable bonds is 1. The Morgan fingerprint density at radius 1 is 1.20 bits per heavy atom. The summed E-state index contributed by atoms with van der Waals surface area (Å²) in [5.41, 5.74) is 0.693. The molecule has 0 unspecified atom stereocenters. The third kappa shape index (κ3) is 1.32. The van der Waals surface area contributed by atoms with Gasteiger partial charge in [-0.1, -0.05) is 13.0 Å². The van der Waals surface area contributed by atoms with Crippen molar-refractivity contribution in [3.63, 3.8) is 0 Å². The molecule has 0 saturated heterocycles. The van der Waals surface area contributed by atoms with Crippen LogP contribution >= 0.6 is 0 Å². The minimum absolute atomic E-state index is 0.693. The van der Waals surface area contributed by atoms with Gasteiger partial charge in [-0.05, 0) is 24.1 Å². The van der Waals surface area contributed by atoms with Gasteiger partial charge in [0.15, 0.2) is 11.6 Å². The van der Waals surface area contributed by atoms with Crippen molar-refractivity contribution >= 4 is 0 Å². The van der Waals surface area contributed by atoms with Crippen LogP contribution in [0.3, 0.4) is 0 Å². The van der Waals surface area contributed by atoms with Crippen molar-refractivity contribution < 1.29 is 8.78 Å². The molecule has 53 valence electrons. The second-order valence-corrected chi connectivity index (χ2v) is 1.96. The molecule has 0 aliphatic heterocycles. The summed E-state index contributed by atoms with van der Waals surface area (Å²) in [4.78, 5) is 0. The Kier molecular flexibility index (Phi) is 2.00. The van der Waals surface area contributed by atoms with Crippen LogP contribution in [0.5, 0.6) is 0 Å². The van der Waals surface area contributed by atoms with Gasteiger partial charge >= 0.3 is 0 Å². The van der Waals surface area contributed by atoms with Crippen LogP contribution < -0.4 is 0 Å². The number of halogens is 2. The highest BCUT2D eigenvalue weighted by Crippen LogP contribution is 2.09. The first-order valence-corrected chi connectivity index (χ1v) is 2.98. The van der Waals surface area contributed by atoms with Crippen LogP contribution in [0.4, 0.5) is 8.78 Å². The predicted molar refractivity (Wildman–Crippen MR) is 35.4 cm³/mol. The van der Waals surface area contributed by atoms with E-state index in [0.29, 0.717) is 5.56 Å². The molecule has 0 heterocycles. The maximum absolute atomic E-state index is 12.4. The average Bonchev–Trinajstić information content (AvgIpc) is 1.95. The lowest BCUT2D eigenvalue weighted by Crippen LogP contribution is -1.85. The van der Waals surface area contributed by atoms with Gasteiger partial charge in [-0.15, -0.1) is 0 Å².